The van der Waals surface area contributed by atoms with Crippen LogP contribution < -0.4 is 4.48 Å². The fraction of sp³-hybridized carbons (Fsp3) is 0.600. The van der Waals surface area contributed by atoms with Crippen LogP contribution in [0.1, 0.15) is 39.5 Å². The Morgan fingerprint density at radius 1 is 1.00 bits per heavy atom. The molecule has 0 radical (unpaired) electrons. The van der Waals surface area contributed by atoms with E-state index in [2.05, 4.69) is 27.0 Å². The number of hydrogen-bond acceptors (Lipinski definition) is 1. The van der Waals surface area contributed by atoms with Gasteiger partial charge in [-0.25, -0.2) is 0 Å². The lowest BCUT2D eigenvalue weighted by Crippen LogP contribution is -2.46. The molecule has 0 aliphatic rings. The molecule has 0 amide bonds. The molecular formula is C15H26NO+. The normalized spacial score (nSPS) is 11.7. The highest BCUT2D eigenvalue weighted by molar-refractivity contribution is 5.54. The van der Waals surface area contributed by atoms with Gasteiger partial charge in [-0.3, -0.25) is 4.48 Å². The second-order valence-electron chi connectivity index (χ2n) is 5.04. The van der Waals surface area contributed by atoms with E-state index in [0.717, 1.165) is 23.3 Å². The van der Waals surface area contributed by atoms with Crippen molar-refractivity contribution in [1.29, 1.82) is 0 Å². The van der Waals surface area contributed by atoms with E-state index in [9.17, 15) is 5.11 Å². The number of phenolic OH excluding ortho intramolecular Hbond substituents is 1. The molecule has 0 unspecified atom stereocenters. The summed E-state index contributed by atoms with van der Waals surface area (Å²) in [6.45, 7) is 6.65. The first-order chi connectivity index (χ1) is 8.14. The number of rotatable bonds is 7. The summed E-state index contributed by atoms with van der Waals surface area (Å²) in [6.07, 6.45) is 4.81. The molecule has 1 N–H and O–H groups in total. The Bertz CT molecular complexity index is 327. The summed E-state index contributed by atoms with van der Waals surface area (Å²) >= 11 is 0. The minimum atomic E-state index is 0.433. The van der Waals surface area contributed by atoms with Crippen molar-refractivity contribution in [3.8, 4) is 5.75 Å². The number of hydrogen-bond donors (Lipinski definition) is 1. The number of quaternary nitrogens is 1. The summed E-state index contributed by atoms with van der Waals surface area (Å²) in [7, 11) is 2.24. The third kappa shape index (κ3) is 3.74. The average molecular weight is 236 g/mol. The van der Waals surface area contributed by atoms with Crippen LogP contribution in [-0.4, -0.2) is 25.2 Å². The molecule has 0 atom stereocenters. The van der Waals surface area contributed by atoms with Crippen LogP contribution in [-0.2, 0) is 0 Å². The number of para-hydroxylation sites is 2. The monoisotopic (exact) mass is 236 g/mol. The van der Waals surface area contributed by atoms with Gasteiger partial charge in [-0.1, -0.05) is 38.8 Å². The first-order valence-corrected chi connectivity index (χ1v) is 6.77. The predicted octanol–water partition coefficient (Wildman–Crippen LogP) is 3.93. The lowest BCUT2D eigenvalue weighted by Gasteiger charge is -2.34. The van der Waals surface area contributed by atoms with Gasteiger partial charge in [0.05, 0.1) is 20.1 Å². The van der Waals surface area contributed by atoms with Crippen molar-refractivity contribution in [2.45, 2.75) is 39.5 Å². The Morgan fingerprint density at radius 3 is 2.00 bits per heavy atom. The zero-order valence-electron chi connectivity index (χ0n) is 11.4. The maximum Gasteiger partial charge on any atom is 0.177 e. The molecule has 0 heterocycles. The third-order valence-corrected chi connectivity index (χ3v) is 3.47. The van der Waals surface area contributed by atoms with Crippen molar-refractivity contribution in [2.75, 3.05) is 20.1 Å². The number of nitrogens with zero attached hydrogens (tertiary/aromatic N) is 1. The molecule has 2 nitrogen and oxygen atoms in total. The van der Waals surface area contributed by atoms with E-state index in [1.165, 1.54) is 25.7 Å². The molecule has 1 aromatic carbocycles. The Morgan fingerprint density at radius 2 is 1.53 bits per heavy atom. The van der Waals surface area contributed by atoms with Gasteiger partial charge >= 0.3 is 0 Å². The molecule has 0 saturated carbocycles. The topological polar surface area (TPSA) is 20.2 Å². The Labute approximate surface area is 105 Å². The van der Waals surface area contributed by atoms with Crippen molar-refractivity contribution >= 4 is 5.69 Å². The molecule has 0 saturated heterocycles. The molecule has 0 bridgehead atoms. The van der Waals surface area contributed by atoms with E-state index in [0.29, 0.717) is 5.75 Å². The number of unbranched alkanes of at least 4 members (excludes halogenated alkanes) is 2. The Balaban J connectivity index is 2.92. The van der Waals surface area contributed by atoms with E-state index < -0.39 is 0 Å². The molecule has 96 valence electrons. The molecule has 2 heteroatoms. The van der Waals surface area contributed by atoms with Gasteiger partial charge in [0.2, 0.25) is 0 Å². The largest absolute Gasteiger partial charge is 0.503 e. The fourth-order valence-corrected chi connectivity index (χ4v) is 2.29. The molecule has 17 heavy (non-hydrogen) atoms. The molecule has 0 aromatic heterocycles. The first kappa shape index (κ1) is 14.0. The Kier molecular flexibility index (Phi) is 5.49. The first-order valence-electron chi connectivity index (χ1n) is 6.77. The quantitative estimate of drug-likeness (QED) is 0.711. The van der Waals surface area contributed by atoms with E-state index >= 15 is 0 Å². The van der Waals surface area contributed by atoms with Crippen LogP contribution in [0.3, 0.4) is 0 Å². The van der Waals surface area contributed by atoms with Crippen molar-refractivity contribution in [3.05, 3.63) is 24.3 Å². The lowest BCUT2D eigenvalue weighted by molar-refractivity contribution is 0.306. The van der Waals surface area contributed by atoms with Crippen molar-refractivity contribution in [2.24, 2.45) is 0 Å². The molecule has 1 aromatic rings. The van der Waals surface area contributed by atoms with Gasteiger partial charge in [-0.05, 0) is 18.9 Å². The molecule has 1 rings (SSSR count). The van der Waals surface area contributed by atoms with Crippen LogP contribution in [0.4, 0.5) is 5.69 Å². The predicted molar refractivity (Wildman–Crippen MR) is 75.4 cm³/mol. The fourth-order valence-electron chi connectivity index (χ4n) is 2.29. The third-order valence-electron chi connectivity index (χ3n) is 3.47. The molecule has 0 spiro atoms. The van der Waals surface area contributed by atoms with Gasteiger partial charge in [0.15, 0.2) is 11.4 Å². The van der Waals surface area contributed by atoms with E-state index in [1.54, 1.807) is 6.07 Å². The van der Waals surface area contributed by atoms with Crippen LogP contribution in [0.5, 0.6) is 5.75 Å². The summed E-state index contributed by atoms with van der Waals surface area (Å²) in [5, 5.41) is 10.0. The smallest absolute Gasteiger partial charge is 0.177 e. The summed E-state index contributed by atoms with van der Waals surface area (Å²) in [5.74, 6) is 0.433. The minimum absolute atomic E-state index is 0.433. The summed E-state index contributed by atoms with van der Waals surface area (Å²) in [4.78, 5) is 0. The van der Waals surface area contributed by atoms with Crippen molar-refractivity contribution < 1.29 is 5.11 Å². The standard InChI is InChI=1S/C15H25NO/c1-4-6-12-16(3,13-7-5-2)14-10-8-9-11-15(14)17/h8-11H,4-7,12-13H2,1-3H3/p+1. The maximum absolute atomic E-state index is 10.0. The van der Waals surface area contributed by atoms with Crippen molar-refractivity contribution in [1.82, 2.24) is 4.48 Å². The van der Waals surface area contributed by atoms with Gasteiger partial charge in [-0.2, -0.15) is 0 Å². The summed E-state index contributed by atoms with van der Waals surface area (Å²) in [6, 6.07) is 7.76. The highest BCUT2D eigenvalue weighted by atomic mass is 16.3. The summed E-state index contributed by atoms with van der Waals surface area (Å²) in [5.41, 5.74) is 1.06. The number of aromatic hydroxyl groups is 1. The van der Waals surface area contributed by atoms with Gasteiger partial charge in [-0.15, -0.1) is 0 Å². The molecule has 0 aliphatic heterocycles. The lowest BCUT2D eigenvalue weighted by atomic mass is 10.1. The van der Waals surface area contributed by atoms with E-state index in [4.69, 9.17) is 0 Å². The van der Waals surface area contributed by atoms with Gasteiger partial charge in [0.1, 0.15) is 0 Å². The maximum atomic E-state index is 10.0. The van der Waals surface area contributed by atoms with Crippen LogP contribution in [0.2, 0.25) is 0 Å². The highest BCUT2D eigenvalue weighted by Crippen LogP contribution is 2.32. The highest BCUT2D eigenvalue weighted by Gasteiger charge is 2.26. The number of benzene rings is 1. The molecule has 0 fully saturated rings. The van der Waals surface area contributed by atoms with Gasteiger partial charge in [0.25, 0.3) is 0 Å². The zero-order chi connectivity index (χ0) is 12.7. The Hall–Kier alpha value is -1.02. The average Bonchev–Trinajstić information content (AvgIpc) is 2.34. The van der Waals surface area contributed by atoms with Gasteiger partial charge < -0.3 is 5.11 Å². The zero-order valence-corrected chi connectivity index (χ0v) is 11.4. The second-order valence-corrected chi connectivity index (χ2v) is 5.04. The molecular weight excluding hydrogens is 210 g/mol. The van der Waals surface area contributed by atoms with Gasteiger partial charge in [0, 0.05) is 6.07 Å². The van der Waals surface area contributed by atoms with E-state index in [1.807, 2.05) is 12.1 Å². The van der Waals surface area contributed by atoms with Crippen LogP contribution in [0.15, 0.2) is 24.3 Å². The number of phenols is 1. The second kappa shape index (κ2) is 6.65. The van der Waals surface area contributed by atoms with Crippen LogP contribution in [0.25, 0.3) is 0 Å². The molecule has 0 aliphatic carbocycles. The SMILES string of the molecule is CCCC[N+](C)(CCCC)c1ccccc1O. The summed E-state index contributed by atoms with van der Waals surface area (Å²) < 4.78 is 0.856. The van der Waals surface area contributed by atoms with E-state index in [-0.39, 0.29) is 0 Å². The minimum Gasteiger partial charge on any atom is -0.503 e. The van der Waals surface area contributed by atoms with Crippen molar-refractivity contribution in [3.63, 3.8) is 0 Å². The van der Waals surface area contributed by atoms with Crippen LogP contribution >= 0.6 is 0 Å². The van der Waals surface area contributed by atoms with Crippen LogP contribution in [0, 0.1) is 0 Å².